The van der Waals surface area contributed by atoms with Crippen molar-refractivity contribution in [3.05, 3.63) is 52.0 Å². The second kappa shape index (κ2) is 7.65. The van der Waals surface area contributed by atoms with Crippen molar-refractivity contribution in [2.45, 2.75) is 13.2 Å². The summed E-state index contributed by atoms with van der Waals surface area (Å²) in [6.45, 7) is 4.83. The summed E-state index contributed by atoms with van der Waals surface area (Å²) in [5, 5.41) is 5.85. The highest BCUT2D eigenvalue weighted by atomic mass is 35.5. The Bertz CT molecular complexity index is 763. The van der Waals surface area contributed by atoms with E-state index in [9.17, 15) is 4.79 Å². The highest BCUT2D eigenvalue weighted by molar-refractivity contribution is 7.13. The fourth-order valence-electron chi connectivity index (χ4n) is 2.19. The molecule has 0 bridgehead atoms. The van der Waals surface area contributed by atoms with Crippen molar-refractivity contribution < 1.29 is 19.0 Å². The van der Waals surface area contributed by atoms with Crippen molar-refractivity contribution >= 4 is 34.0 Å². The van der Waals surface area contributed by atoms with E-state index in [0.29, 0.717) is 34.6 Å². The Balaban J connectivity index is 1.67. The van der Waals surface area contributed by atoms with Crippen molar-refractivity contribution in [2.75, 3.05) is 18.7 Å². The summed E-state index contributed by atoms with van der Waals surface area (Å²) in [5.74, 6) is 0.156. The molecule has 1 aliphatic heterocycles. The maximum Gasteiger partial charge on any atom is 0.358 e. The zero-order chi connectivity index (χ0) is 16.9. The summed E-state index contributed by atoms with van der Waals surface area (Å²) in [6, 6.07) is 3.50. The molecule has 2 aromatic rings. The van der Waals surface area contributed by atoms with Gasteiger partial charge < -0.3 is 19.5 Å². The van der Waals surface area contributed by atoms with Gasteiger partial charge in [0.05, 0.1) is 6.61 Å². The molecule has 0 fully saturated rings. The van der Waals surface area contributed by atoms with Crippen molar-refractivity contribution in [2.24, 2.45) is 0 Å². The molecule has 0 spiro atoms. The highest BCUT2D eigenvalue weighted by Gasteiger charge is 2.19. The van der Waals surface area contributed by atoms with Gasteiger partial charge in [-0.15, -0.1) is 17.9 Å². The van der Waals surface area contributed by atoms with Gasteiger partial charge in [0.25, 0.3) is 0 Å². The van der Waals surface area contributed by atoms with E-state index >= 15 is 0 Å². The van der Waals surface area contributed by atoms with E-state index in [1.54, 1.807) is 23.6 Å². The zero-order valence-corrected chi connectivity index (χ0v) is 14.3. The van der Waals surface area contributed by atoms with E-state index < -0.39 is 5.97 Å². The topological polar surface area (TPSA) is 69.7 Å². The van der Waals surface area contributed by atoms with Gasteiger partial charge in [0, 0.05) is 28.1 Å². The number of nitrogens with one attached hydrogen (secondary N) is 1. The van der Waals surface area contributed by atoms with E-state index in [-0.39, 0.29) is 19.1 Å². The van der Waals surface area contributed by atoms with E-state index in [2.05, 4.69) is 16.9 Å². The number of anilines is 1. The van der Waals surface area contributed by atoms with Crippen LogP contribution in [0.4, 0.5) is 5.13 Å². The van der Waals surface area contributed by atoms with Gasteiger partial charge in [-0.25, -0.2) is 9.78 Å². The number of fused-ring (bicyclic) bond motifs is 1. The minimum Gasteiger partial charge on any atom is -0.467 e. The molecular formula is C16H15ClN2O4S. The third-order valence-electron chi connectivity index (χ3n) is 3.22. The van der Waals surface area contributed by atoms with E-state index in [1.165, 1.54) is 11.3 Å². The highest BCUT2D eigenvalue weighted by Crippen LogP contribution is 2.32. The number of aromatic nitrogens is 1. The molecule has 0 aliphatic carbocycles. The number of halogens is 1. The number of thiazole rings is 1. The van der Waals surface area contributed by atoms with E-state index in [0.717, 1.165) is 5.56 Å². The van der Waals surface area contributed by atoms with Crippen LogP contribution in [-0.4, -0.2) is 24.3 Å². The molecule has 0 saturated carbocycles. The first-order valence-electron chi connectivity index (χ1n) is 7.16. The Kier molecular flexibility index (Phi) is 5.34. The van der Waals surface area contributed by atoms with Gasteiger partial charge in [0.2, 0.25) is 0 Å². The second-order valence-corrected chi connectivity index (χ2v) is 6.24. The molecule has 0 atom stereocenters. The SMILES string of the molecule is C=CCNc1nc(C(=O)OCc2cc(Cl)cc3c2OCOC3)cs1. The summed E-state index contributed by atoms with van der Waals surface area (Å²) >= 11 is 7.42. The lowest BCUT2D eigenvalue weighted by Crippen LogP contribution is -2.14. The van der Waals surface area contributed by atoms with Crippen LogP contribution in [0.1, 0.15) is 21.6 Å². The summed E-state index contributed by atoms with van der Waals surface area (Å²) in [5.41, 5.74) is 1.80. The normalized spacial score (nSPS) is 12.9. The lowest BCUT2D eigenvalue weighted by Gasteiger charge is -2.20. The summed E-state index contributed by atoms with van der Waals surface area (Å²) < 4.78 is 16.0. The predicted molar refractivity (Wildman–Crippen MR) is 91.7 cm³/mol. The third-order valence-corrected chi connectivity index (χ3v) is 4.24. The van der Waals surface area contributed by atoms with Crippen LogP contribution in [0.25, 0.3) is 0 Å². The molecule has 1 aromatic heterocycles. The third kappa shape index (κ3) is 3.87. The quantitative estimate of drug-likeness (QED) is 0.622. The molecule has 6 nitrogen and oxygen atoms in total. The molecule has 0 amide bonds. The van der Waals surface area contributed by atoms with Crippen molar-refractivity contribution in [3.63, 3.8) is 0 Å². The molecule has 1 aliphatic rings. The average molecular weight is 367 g/mol. The summed E-state index contributed by atoms with van der Waals surface area (Å²) in [7, 11) is 0. The van der Waals surface area contributed by atoms with Gasteiger partial charge >= 0.3 is 5.97 Å². The number of nitrogens with zero attached hydrogens (tertiary/aromatic N) is 1. The van der Waals surface area contributed by atoms with Crippen LogP contribution in [0.5, 0.6) is 5.75 Å². The molecule has 3 rings (SSSR count). The van der Waals surface area contributed by atoms with Gasteiger partial charge in [-0.05, 0) is 12.1 Å². The number of ether oxygens (including phenoxy) is 3. The summed E-state index contributed by atoms with van der Waals surface area (Å²) in [6.07, 6.45) is 1.71. The second-order valence-electron chi connectivity index (χ2n) is 4.95. The first-order valence-corrected chi connectivity index (χ1v) is 8.42. The molecule has 126 valence electrons. The van der Waals surface area contributed by atoms with Gasteiger partial charge in [-0.3, -0.25) is 0 Å². The van der Waals surface area contributed by atoms with Gasteiger partial charge in [0.1, 0.15) is 12.4 Å². The average Bonchev–Trinajstić information content (AvgIpc) is 3.06. The van der Waals surface area contributed by atoms with Crippen LogP contribution in [0.2, 0.25) is 5.02 Å². The first-order chi connectivity index (χ1) is 11.7. The largest absolute Gasteiger partial charge is 0.467 e. The molecule has 8 heteroatoms. The Labute approximate surface area is 148 Å². The molecule has 2 heterocycles. The van der Waals surface area contributed by atoms with Gasteiger partial charge in [0.15, 0.2) is 17.6 Å². The number of hydrogen-bond acceptors (Lipinski definition) is 7. The van der Waals surface area contributed by atoms with Crippen molar-refractivity contribution in [1.29, 1.82) is 0 Å². The van der Waals surface area contributed by atoms with Gasteiger partial charge in [-0.2, -0.15) is 0 Å². The minimum absolute atomic E-state index is 0.0503. The van der Waals surface area contributed by atoms with Crippen LogP contribution in [0.3, 0.4) is 0 Å². The number of esters is 1. The number of benzene rings is 1. The Morgan fingerprint density at radius 2 is 2.42 bits per heavy atom. The fraction of sp³-hybridized carbons (Fsp3) is 0.250. The fourth-order valence-corrected chi connectivity index (χ4v) is 3.14. The molecule has 1 N–H and O–H groups in total. The van der Waals surface area contributed by atoms with Gasteiger partial charge in [-0.1, -0.05) is 17.7 Å². The first kappa shape index (κ1) is 16.8. The minimum atomic E-state index is -0.501. The number of carbonyl (C=O) groups excluding carboxylic acids is 1. The Hall–Kier alpha value is -2.09. The Morgan fingerprint density at radius 1 is 1.54 bits per heavy atom. The van der Waals surface area contributed by atoms with Crippen LogP contribution in [-0.2, 0) is 22.7 Å². The van der Waals surface area contributed by atoms with Crippen LogP contribution in [0, 0.1) is 0 Å². The number of rotatable bonds is 6. The summed E-state index contributed by atoms with van der Waals surface area (Å²) in [4.78, 5) is 16.3. The Morgan fingerprint density at radius 3 is 3.25 bits per heavy atom. The maximum absolute atomic E-state index is 12.1. The number of hydrogen-bond donors (Lipinski definition) is 1. The van der Waals surface area contributed by atoms with Crippen LogP contribution < -0.4 is 10.1 Å². The molecule has 0 radical (unpaired) electrons. The molecule has 0 saturated heterocycles. The molecular weight excluding hydrogens is 352 g/mol. The van der Waals surface area contributed by atoms with E-state index in [4.69, 9.17) is 25.8 Å². The monoisotopic (exact) mass is 366 g/mol. The van der Waals surface area contributed by atoms with Crippen LogP contribution in [0.15, 0.2) is 30.2 Å². The lowest BCUT2D eigenvalue weighted by atomic mass is 10.1. The molecule has 1 aromatic carbocycles. The number of carbonyl (C=O) groups is 1. The lowest BCUT2D eigenvalue weighted by molar-refractivity contribution is -0.0180. The standard InChI is InChI=1S/C16H15ClN2O4S/c1-2-3-18-16-19-13(8-24-16)15(20)22-7-11-5-12(17)4-10-6-21-9-23-14(10)11/h2,4-5,8H,1,3,6-7,9H2,(H,18,19). The molecule has 0 unspecified atom stereocenters. The smallest absolute Gasteiger partial charge is 0.358 e. The molecule has 24 heavy (non-hydrogen) atoms. The zero-order valence-electron chi connectivity index (χ0n) is 12.7. The van der Waals surface area contributed by atoms with Crippen molar-refractivity contribution in [1.82, 2.24) is 4.98 Å². The van der Waals surface area contributed by atoms with Crippen molar-refractivity contribution in [3.8, 4) is 5.75 Å². The maximum atomic E-state index is 12.1. The van der Waals surface area contributed by atoms with Crippen LogP contribution >= 0.6 is 22.9 Å². The predicted octanol–water partition coefficient (Wildman–Crippen LogP) is 3.62. The van der Waals surface area contributed by atoms with E-state index in [1.807, 2.05) is 0 Å².